The molecule has 1 fully saturated rings. The van der Waals surface area contributed by atoms with Crippen LogP contribution in [0.4, 0.5) is 0 Å². The Hall–Kier alpha value is -0.230. The molecule has 1 heterocycles. The Bertz CT molecular complexity index is 552. The van der Waals surface area contributed by atoms with E-state index in [0.717, 1.165) is 3.57 Å². The summed E-state index contributed by atoms with van der Waals surface area (Å²) in [5.74, 6) is -0.836. The first-order chi connectivity index (χ1) is 8.91. The highest BCUT2D eigenvalue weighted by Crippen LogP contribution is 2.31. The minimum Gasteiger partial charge on any atom is -0.506 e. The number of nitrogens with zero attached hydrogens (tertiary/aromatic N) is 1. The van der Waals surface area contributed by atoms with Crippen molar-refractivity contribution in [1.82, 2.24) is 4.90 Å². The number of amides is 1. The van der Waals surface area contributed by atoms with Crippen LogP contribution >= 0.6 is 56.9 Å². The maximum absolute atomic E-state index is 12.4. The number of carboxylic acids is 1. The first kappa shape index (κ1) is 15.2. The number of hydrogen-bond donors (Lipinski definition) is 2. The molecule has 0 bridgehead atoms. The van der Waals surface area contributed by atoms with Crippen LogP contribution in [0, 0.1) is 7.14 Å². The van der Waals surface area contributed by atoms with Crippen LogP contribution in [0.3, 0.4) is 0 Å². The number of halogens is 2. The summed E-state index contributed by atoms with van der Waals surface area (Å²) >= 11 is 5.39. The summed E-state index contributed by atoms with van der Waals surface area (Å²) in [6, 6.07) is 2.50. The number of phenolic OH excluding ortho intramolecular Hbond substituents is 1. The monoisotopic (exact) mass is 505 g/mol. The van der Waals surface area contributed by atoms with Gasteiger partial charge in [0.05, 0.1) is 15.0 Å². The zero-order valence-electron chi connectivity index (χ0n) is 9.47. The molecule has 5 nitrogen and oxygen atoms in total. The van der Waals surface area contributed by atoms with Gasteiger partial charge in [0.1, 0.15) is 11.8 Å². The molecule has 19 heavy (non-hydrogen) atoms. The summed E-state index contributed by atoms with van der Waals surface area (Å²) in [6.45, 7) is 0. The van der Waals surface area contributed by atoms with Gasteiger partial charge in [-0.3, -0.25) is 4.79 Å². The highest BCUT2D eigenvalue weighted by Gasteiger charge is 2.36. The Kier molecular flexibility index (Phi) is 4.82. The van der Waals surface area contributed by atoms with Crippen LogP contribution in [0.15, 0.2) is 12.1 Å². The lowest BCUT2D eigenvalue weighted by molar-refractivity contribution is -0.140. The van der Waals surface area contributed by atoms with Crippen molar-refractivity contribution in [3.8, 4) is 5.75 Å². The fraction of sp³-hybridized carbons (Fsp3) is 0.273. The van der Waals surface area contributed by atoms with E-state index in [-0.39, 0.29) is 11.3 Å². The van der Waals surface area contributed by atoms with E-state index in [1.165, 1.54) is 16.7 Å². The molecule has 1 atom stereocenters. The van der Waals surface area contributed by atoms with Gasteiger partial charge < -0.3 is 15.1 Å². The fourth-order valence-corrected chi connectivity index (χ4v) is 4.72. The third-order valence-corrected chi connectivity index (χ3v) is 5.14. The first-order valence-electron chi connectivity index (χ1n) is 5.21. The van der Waals surface area contributed by atoms with Crippen LogP contribution in [0.5, 0.6) is 5.75 Å². The van der Waals surface area contributed by atoms with Gasteiger partial charge in [-0.1, -0.05) is 0 Å². The van der Waals surface area contributed by atoms with Gasteiger partial charge in [-0.25, -0.2) is 4.79 Å². The maximum atomic E-state index is 12.4. The molecular formula is C11H9I2NO4S. The summed E-state index contributed by atoms with van der Waals surface area (Å²) in [5, 5.41) is 19.1. The molecule has 1 amide bonds. The number of thioether (sulfide) groups is 1. The Morgan fingerprint density at radius 2 is 2.05 bits per heavy atom. The van der Waals surface area contributed by atoms with E-state index in [4.69, 9.17) is 5.11 Å². The summed E-state index contributed by atoms with van der Waals surface area (Å²) < 4.78 is 1.40. The third kappa shape index (κ3) is 3.10. The number of benzene rings is 1. The van der Waals surface area contributed by atoms with Crippen LogP contribution in [-0.4, -0.2) is 44.7 Å². The molecule has 1 aromatic rings. The van der Waals surface area contributed by atoms with E-state index >= 15 is 0 Å². The van der Waals surface area contributed by atoms with Gasteiger partial charge in [0.2, 0.25) is 0 Å². The van der Waals surface area contributed by atoms with E-state index in [2.05, 4.69) is 22.6 Å². The molecule has 2 N–H and O–H groups in total. The topological polar surface area (TPSA) is 77.8 Å². The largest absolute Gasteiger partial charge is 0.506 e. The van der Waals surface area contributed by atoms with Crippen LogP contribution in [-0.2, 0) is 4.79 Å². The van der Waals surface area contributed by atoms with E-state index in [0.29, 0.717) is 15.2 Å². The predicted molar refractivity (Wildman–Crippen MR) is 88.5 cm³/mol. The Labute approximate surface area is 141 Å². The highest BCUT2D eigenvalue weighted by atomic mass is 127. The average molecular weight is 505 g/mol. The molecule has 8 heteroatoms. The highest BCUT2D eigenvalue weighted by molar-refractivity contribution is 14.1. The van der Waals surface area contributed by atoms with Crippen LogP contribution in [0.1, 0.15) is 10.4 Å². The molecule has 1 aliphatic rings. The molecule has 0 radical (unpaired) electrons. The van der Waals surface area contributed by atoms with Crippen molar-refractivity contribution in [2.75, 3.05) is 11.6 Å². The molecule has 1 aliphatic heterocycles. The number of aromatic hydroxyl groups is 1. The molecule has 0 aliphatic carbocycles. The van der Waals surface area contributed by atoms with Crippen molar-refractivity contribution in [2.24, 2.45) is 0 Å². The van der Waals surface area contributed by atoms with Crippen molar-refractivity contribution < 1.29 is 19.8 Å². The quantitative estimate of drug-likeness (QED) is 0.604. The molecule has 0 saturated carbocycles. The van der Waals surface area contributed by atoms with E-state index in [9.17, 15) is 14.7 Å². The summed E-state index contributed by atoms with van der Waals surface area (Å²) in [6.07, 6.45) is 0. The van der Waals surface area contributed by atoms with Crippen molar-refractivity contribution in [1.29, 1.82) is 0 Å². The van der Waals surface area contributed by atoms with E-state index in [1.54, 1.807) is 12.1 Å². The molecule has 0 unspecified atom stereocenters. The smallest absolute Gasteiger partial charge is 0.327 e. The van der Waals surface area contributed by atoms with Gasteiger partial charge in [-0.15, -0.1) is 11.8 Å². The predicted octanol–water partition coefficient (Wildman–Crippen LogP) is 2.20. The second kappa shape index (κ2) is 6.04. The number of carbonyl (C=O) groups excluding carboxylic acids is 1. The van der Waals surface area contributed by atoms with Crippen LogP contribution < -0.4 is 0 Å². The summed E-state index contributed by atoms with van der Waals surface area (Å²) in [4.78, 5) is 24.7. The summed E-state index contributed by atoms with van der Waals surface area (Å²) in [5.41, 5.74) is 0.157. The first-order valence-corrected chi connectivity index (χ1v) is 8.52. The standard InChI is InChI=1S/C11H9I2NO4S/c12-5-1-6(9(15)7(13)2-5)10(16)14-4-19-3-8(14)11(17)18/h1-2,8,15H,3-4H2,(H,17,18)/t8-/m0/s1. The number of rotatable bonds is 2. The minimum absolute atomic E-state index is 0.0907. The summed E-state index contributed by atoms with van der Waals surface area (Å²) in [7, 11) is 0. The number of carbonyl (C=O) groups is 2. The zero-order chi connectivity index (χ0) is 14.2. The number of phenols is 1. The molecular weight excluding hydrogens is 496 g/mol. The average Bonchev–Trinajstić information content (AvgIpc) is 2.82. The number of hydrogen-bond acceptors (Lipinski definition) is 4. The SMILES string of the molecule is O=C(O)[C@@H]1CSCN1C(=O)c1cc(I)cc(I)c1O. The Balaban J connectivity index is 2.37. The fourth-order valence-electron chi connectivity index (χ4n) is 1.73. The maximum Gasteiger partial charge on any atom is 0.327 e. The minimum atomic E-state index is -1.02. The Morgan fingerprint density at radius 1 is 1.37 bits per heavy atom. The van der Waals surface area contributed by atoms with Gasteiger partial charge in [0.25, 0.3) is 5.91 Å². The number of carboxylic acid groups (broad SMARTS) is 1. The van der Waals surface area contributed by atoms with Crippen molar-refractivity contribution in [3.05, 3.63) is 24.8 Å². The van der Waals surface area contributed by atoms with Gasteiger partial charge in [-0.2, -0.15) is 0 Å². The molecule has 0 aromatic heterocycles. The molecule has 0 spiro atoms. The van der Waals surface area contributed by atoms with E-state index < -0.39 is 17.9 Å². The van der Waals surface area contributed by atoms with Crippen molar-refractivity contribution >= 4 is 68.8 Å². The van der Waals surface area contributed by atoms with Gasteiger partial charge in [-0.05, 0) is 57.3 Å². The van der Waals surface area contributed by atoms with Gasteiger partial charge in [0.15, 0.2) is 0 Å². The lowest BCUT2D eigenvalue weighted by Crippen LogP contribution is -2.41. The van der Waals surface area contributed by atoms with Gasteiger partial charge in [0, 0.05) is 9.32 Å². The second-order valence-corrected chi connectivity index (χ2v) is 7.32. The molecule has 102 valence electrons. The molecule has 1 aromatic carbocycles. The van der Waals surface area contributed by atoms with Crippen LogP contribution in [0.2, 0.25) is 0 Å². The lowest BCUT2D eigenvalue weighted by atomic mass is 10.1. The normalized spacial score (nSPS) is 18.6. The number of aliphatic carboxylic acids is 1. The molecule has 1 saturated heterocycles. The van der Waals surface area contributed by atoms with Crippen molar-refractivity contribution in [2.45, 2.75) is 6.04 Å². The van der Waals surface area contributed by atoms with Gasteiger partial charge >= 0.3 is 5.97 Å². The molecule has 2 rings (SSSR count). The van der Waals surface area contributed by atoms with E-state index in [1.807, 2.05) is 22.6 Å². The Morgan fingerprint density at radius 3 is 2.68 bits per heavy atom. The van der Waals surface area contributed by atoms with Crippen molar-refractivity contribution in [3.63, 3.8) is 0 Å². The third-order valence-electron chi connectivity index (χ3n) is 2.69. The zero-order valence-corrected chi connectivity index (χ0v) is 14.6. The lowest BCUT2D eigenvalue weighted by Gasteiger charge is -2.21. The second-order valence-electron chi connectivity index (χ2n) is 3.91. The van der Waals surface area contributed by atoms with Crippen LogP contribution in [0.25, 0.3) is 0 Å².